The fourth-order valence-electron chi connectivity index (χ4n) is 4.92. The highest BCUT2D eigenvalue weighted by atomic mass is 19.4. The van der Waals surface area contributed by atoms with Crippen molar-refractivity contribution in [2.24, 2.45) is 17.4 Å². The van der Waals surface area contributed by atoms with E-state index in [9.17, 15) is 18.0 Å². The summed E-state index contributed by atoms with van der Waals surface area (Å²) < 4.78 is 56.8. The number of nitrogens with one attached hydrogen (secondary N) is 1. The van der Waals surface area contributed by atoms with Crippen LogP contribution in [0.15, 0.2) is 72.8 Å². The molecule has 0 saturated heterocycles. The summed E-state index contributed by atoms with van der Waals surface area (Å²) in [7, 11) is 0. The first-order valence-corrected chi connectivity index (χ1v) is 13.4. The van der Waals surface area contributed by atoms with Crippen molar-refractivity contribution in [3.05, 3.63) is 118 Å². The van der Waals surface area contributed by atoms with Crippen LogP contribution in [0.3, 0.4) is 0 Å². The maximum absolute atomic E-state index is 15.1. The van der Waals surface area contributed by atoms with E-state index in [-0.39, 0.29) is 17.9 Å². The molecule has 1 heterocycles. The van der Waals surface area contributed by atoms with Gasteiger partial charge in [0.2, 0.25) is 0 Å². The van der Waals surface area contributed by atoms with E-state index >= 15 is 4.39 Å². The molecule has 5 N–H and O–H groups in total. The van der Waals surface area contributed by atoms with Gasteiger partial charge in [0.1, 0.15) is 11.5 Å². The van der Waals surface area contributed by atoms with Gasteiger partial charge in [-0.15, -0.1) is 0 Å². The zero-order chi connectivity index (χ0) is 30.1. The number of hydrogen-bond donors (Lipinski definition) is 3. The van der Waals surface area contributed by atoms with Crippen LogP contribution in [0, 0.1) is 18.3 Å². The largest absolute Gasteiger partial charge is 0.435 e. The first kappa shape index (κ1) is 29.0. The molecule has 1 aromatic heterocycles. The first-order valence-electron chi connectivity index (χ1n) is 13.4. The Kier molecular flexibility index (Phi) is 7.86. The van der Waals surface area contributed by atoms with Crippen molar-refractivity contribution in [3.63, 3.8) is 0 Å². The number of carbonyl (C=O) groups excluding carboxylic acids is 1. The minimum Gasteiger partial charge on any atom is -0.326 e. The Morgan fingerprint density at radius 3 is 2.48 bits per heavy atom. The van der Waals surface area contributed by atoms with E-state index in [0.29, 0.717) is 40.8 Å². The van der Waals surface area contributed by atoms with E-state index in [2.05, 4.69) is 15.3 Å². The molecule has 1 amide bonds. The smallest absolute Gasteiger partial charge is 0.326 e. The number of hydrogen-bond acceptors (Lipinski definition) is 4. The molecule has 1 atom stereocenters. The lowest BCUT2D eigenvalue weighted by Gasteiger charge is -2.32. The van der Waals surface area contributed by atoms with Gasteiger partial charge >= 0.3 is 6.18 Å². The standard InChI is InChI=1S/C31H28F4N6O/c1-38-23-6-3-5-21(15-23)30(37,13-12-19-8-9-19)22-10-11-25(32)26(16-22)39-29(42)27-17-28(31(33,34)35)40-41(27)24-7-2-4-20(14-24)18-36/h2-7,10-11,14-17,19H,8-9,12-13,18,36-37H2,(H,39,42). The Balaban J connectivity index is 1.53. The topological polar surface area (TPSA) is 103 Å². The number of alkyl halides is 3. The highest BCUT2D eigenvalue weighted by Gasteiger charge is 2.37. The van der Waals surface area contributed by atoms with Crippen LogP contribution in [0.4, 0.5) is 28.9 Å². The maximum Gasteiger partial charge on any atom is 0.435 e. The minimum absolute atomic E-state index is 0.126. The quantitative estimate of drug-likeness (QED) is 0.153. The molecule has 5 rings (SSSR count). The number of rotatable bonds is 9. The van der Waals surface area contributed by atoms with Gasteiger partial charge in [-0.1, -0.05) is 55.3 Å². The van der Waals surface area contributed by atoms with Crippen molar-refractivity contribution in [3.8, 4) is 5.69 Å². The van der Waals surface area contributed by atoms with E-state index in [1.54, 1.807) is 36.4 Å². The predicted molar refractivity (Wildman–Crippen MR) is 150 cm³/mol. The summed E-state index contributed by atoms with van der Waals surface area (Å²) in [5, 5.41) is 6.05. The molecule has 1 fully saturated rings. The zero-order valence-electron chi connectivity index (χ0n) is 22.5. The maximum atomic E-state index is 15.1. The second-order valence-corrected chi connectivity index (χ2v) is 10.5. The van der Waals surface area contributed by atoms with Crippen LogP contribution in [0.1, 0.15) is 58.6 Å². The van der Waals surface area contributed by atoms with Gasteiger partial charge in [0.25, 0.3) is 5.91 Å². The summed E-state index contributed by atoms with van der Waals surface area (Å²) >= 11 is 0. The van der Waals surface area contributed by atoms with Crippen molar-refractivity contribution >= 4 is 17.3 Å². The third-order valence-corrected chi connectivity index (χ3v) is 7.49. The average Bonchev–Trinajstić information content (AvgIpc) is 3.70. The molecule has 11 heteroatoms. The Morgan fingerprint density at radius 1 is 1.05 bits per heavy atom. The molecule has 42 heavy (non-hydrogen) atoms. The number of nitrogens with two attached hydrogens (primary N) is 2. The molecule has 0 spiro atoms. The van der Waals surface area contributed by atoms with Gasteiger partial charge in [0, 0.05) is 12.6 Å². The highest BCUT2D eigenvalue weighted by Crippen LogP contribution is 2.41. The van der Waals surface area contributed by atoms with Crippen molar-refractivity contribution in [2.45, 2.75) is 43.9 Å². The van der Waals surface area contributed by atoms with E-state index < -0.39 is 34.8 Å². The van der Waals surface area contributed by atoms with Crippen LogP contribution in [-0.2, 0) is 18.3 Å². The summed E-state index contributed by atoms with van der Waals surface area (Å²) in [5.41, 5.74) is 11.9. The number of carbonyl (C=O) groups is 1. The predicted octanol–water partition coefficient (Wildman–Crippen LogP) is 6.68. The molecule has 1 unspecified atom stereocenters. The molecular weight excluding hydrogens is 548 g/mol. The molecule has 0 aliphatic heterocycles. The summed E-state index contributed by atoms with van der Waals surface area (Å²) in [6.45, 7) is 7.52. The number of benzene rings is 3. The Bertz CT molecular complexity index is 1670. The fraction of sp³-hybridized carbons (Fsp3) is 0.258. The lowest BCUT2D eigenvalue weighted by molar-refractivity contribution is -0.141. The van der Waals surface area contributed by atoms with Gasteiger partial charge < -0.3 is 16.8 Å². The fourth-order valence-corrected chi connectivity index (χ4v) is 4.92. The van der Waals surface area contributed by atoms with Gasteiger partial charge in [0.05, 0.1) is 23.5 Å². The molecule has 1 aliphatic carbocycles. The molecule has 216 valence electrons. The van der Waals surface area contributed by atoms with Crippen molar-refractivity contribution in [2.75, 3.05) is 5.32 Å². The number of halogens is 4. The summed E-state index contributed by atoms with van der Waals surface area (Å²) in [6, 6.07) is 17.9. The van der Waals surface area contributed by atoms with Crippen LogP contribution in [-0.4, -0.2) is 15.7 Å². The Labute approximate surface area is 240 Å². The van der Waals surface area contributed by atoms with Crippen LogP contribution in [0.5, 0.6) is 0 Å². The van der Waals surface area contributed by atoms with Gasteiger partial charge in [0.15, 0.2) is 11.4 Å². The molecule has 1 aliphatic rings. The summed E-state index contributed by atoms with van der Waals surface area (Å²) in [6.07, 6.45) is -1.29. The number of nitrogens with zero attached hydrogens (tertiary/aromatic N) is 3. The summed E-state index contributed by atoms with van der Waals surface area (Å²) in [5.74, 6) is -1.25. The number of aromatic nitrogens is 2. The second kappa shape index (κ2) is 11.4. The summed E-state index contributed by atoms with van der Waals surface area (Å²) in [4.78, 5) is 16.9. The first-order chi connectivity index (χ1) is 20.0. The Morgan fingerprint density at radius 2 is 1.79 bits per heavy atom. The molecule has 1 saturated carbocycles. The van der Waals surface area contributed by atoms with Gasteiger partial charge in [-0.05, 0) is 59.7 Å². The number of amides is 1. The van der Waals surface area contributed by atoms with E-state index in [1.165, 1.54) is 24.3 Å². The average molecular weight is 577 g/mol. The Hall–Kier alpha value is -4.53. The van der Waals surface area contributed by atoms with Crippen molar-refractivity contribution in [1.29, 1.82) is 0 Å². The molecule has 3 aromatic carbocycles. The number of anilines is 1. The monoisotopic (exact) mass is 576 g/mol. The van der Waals surface area contributed by atoms with Gasteiger partial charge in [-0.25, -0.2) is 13.9 Å². The molecular formula is C31H28F4N6O. The molecule has 4 aromatic rings. The lowest BCUT2D eigenvalue weighted by Crippen LogP contribution is -2.38. The molecule has 7 nitrogen and oxygen atoms in total. The van der Waals surface area contributed by atoms with Crippen LogP contribution >= 0.6 is 0 Å². The van der Waals surface area contributed by atoms with Crippen molar-refractivity contribution in [1.82, 2.24) is 9.78 Å². The van der Waals surface area contributed by atoms with E-state index in [4.69, 9.17) is 18.0 Å². The normalized spacial score (nSPS) is 14.7. The third kappa shape index (κ3) is 6.05. The third-order valence-electron chi connectivity index (χ3n) is 7.49. The SMILES string of the molecule is [C-]#[N+]c1cccc(C(N)(CCC2CC2)c2ccc(F)c(NC(=O)c3cc(C(F)(F)F)nn3-c3cccc(CN)c3)c2)c1. The van der Waals surface area contributed by atoms with E-state index in [1.807, 2.05) is 0 Å². The lowest BCUT2D eigenvalue weighted by atomic mass is 9.79. The van der Waals surface area contributed by atoms with Crippen LogP contribution in [0.25, 0.3) is 10.5 Å². The van der Waals surface area contributed by atoms with Gasteiger partial charge in [-0.3, -0.25) is 4.79 Å². The van der Waals surface area contributed by atoms with E-state index in [0.717, 1.165) is 30.0 Å². The minimum atomic E-state index is -4.82. The molecule has 0 bridgehead atoms. The molecule has 0 radical (unpaired) electrons. The second-order valence-electron chi connectivity index (χ2n) is 10.5. The highest BCUT2D eigenvalue weighted by molar-refractivity contribution is 6.03. The van der Waals surface area contributed by atoms with Crippen LogP contribution < -0.4 is 16.8 Å². The van der Waals surface area contributed by atoms with Crippen LogP contribution in [0.2, 0.25) is 0 Å². The van der Waals surface area contributed by atoms with Gasteiger partial charge in [-0.2, -0.15) is 18.3 Å². The van der Waals surface area contributed by atoms with Crippen molar-refractivity contribution < 1.29 is 22.4 Å². The zero-order valence-corrected chi connectivity index (χ0v) is 22.5.